The molecular formula is C30H40O4PSi-. The molecule has 3 atom stereocenters. The second-order valence-corrected chi connectivity index (χ2v) is 19.2. The molecule has 0 bridgehead atoms. The zero-order chi connectivity index (χ0) is 26.4. The molecule has 1 aliphatic carbocycles. The van der Waals surface area contributed by atoms with E-state index in [1.807, 2.05) is 86.7 Å². The summed E-state index contributed by atoms with van der Waals surface area (Å²) in [6.45, 7) is 19.5. The van der Waals surface area contributed by atoms with Crippen LogP contribution in [-0.4, -0.2) is 32.4 Å². The molecule has 194 valence electrons. The maximum absolute atomic E-state index is 14.5. The van der Waals surface area contributed by atoms with Crippen LogP contribution in [0.3, 0.4) is 0 Å². The molecule has 4 nitrogen and oxygen atoms in total. The van der Waals surface area contributed by atoms with Crippen molar-refractivity contribution in [1.82, 2.24) is 0 Å². The van der Waals surface area contributed by atoms with E-state index >= 15 is 0 Å². The maximum Gasteiger partial charge on any atom is 0.192 e. The van der Waals surface area contributed by atoms with E-state index in [4.69, 9.17) is 13.9 Å². The number of hydrogen-bond acceptors (Lipinski definition) is 4. The van der Waals surface area contributed by atoms with Crippen LogP contribution in [0.4, 0.5) is 0 Å². The molecule has 6 heteroatoms. The van der Waals surface area contributed by atoms with E-state index in [1.54, 1.807) is 0 Å². The van der Waals surface area contributed by atoms with Crippen LogP contribution >= 0.6 is 7.14 Å². The van der Waals surface area contributed by atoms with Gasteiger partial charge in [0.2, 0.25) is 0 Å². The minimum absolute atomic E-state index is 0.0677. The van der Waals surface area contributed by atoms with Gasteiger partial charge in [-0.15, -0.1) is 12.2 Å². The Morgan fingerprint density at radius 1 is 1.03 bits per heavy atom. The molecule has 1 heterocycles. The van der Waals surface area contributed by atoms with Gasteiger partial charge in [0.15, 0.2) is 14.1 Å². The summed E-state index contributed by atoms with van der Waals surface area (Å²) < 4.78 is 34.1. The van der Waals surface area contributed by atoms with E-state index in [0.717, 1.165) is 21.8 Å². The number of ether oxygens (including phenoxy) is 2. The Morgan fingerprint density at radius 2 is 1.56 bits per heavy atom. The van der Waals surface area contributed by atoms with Gasteiger partial charge in [0.05, 0.1) is 19.3 Å². The molecule has 4 rings (SSSR count). The minimum Gasteiger partial charge on any atom is -0.412 e. The summed E-state index contributed by atoms with van der Waals surface area (Å²) in [5, 5.41) is 1.68. The second kappa shape index (κ2) is 9.77. The van der Waals surface area contributed by atoms with Gasteiger partial charge in [-0.05, 0) is 32.0 Å². The largest absolute Gasteiger partial charge is 0.412 e. The zero-order valence-corrected chi connectivity index (χ0v) is 24.5. The summed E-state index contributed by atoms with van der Waals surface area (Å²) in [6.07, 6.45) is 3.85. The predicted octanol–water partition coefficient (Wildman–Crippen LogP) is 6.96. The highest BCUT2D eigenvalue weighted by Crippen LogP contribution is 2.50. The molecule has 0 unspecified atom stereocenters. The first-order valence-corrected chi connectivity index (χ1v) is 17.4. The molecule has 0 aromatic heterocycles. The quantitative estimate of drug-likeness (QED) is 0.233. The summed E-state index contributed by atoms with van der Waals surface area (Å²) in [5.41, 5.74) is 1.89. The van der Waals surface area contributed by atoms with Crippen LogP contribution in [0.15, 0.2) is 84.5 Å². The first-order chi connectivity index (χ1) is 16.7. The maximum atomic E-state index is 14.5. The Kier molecular flexibility index (Phi) is 7.37. The van der Waals surface area contributed by atoms with Crippen LogP contribution in [0.1, 0.15) is 41.0 Å². The molecule has 1 saturated heterocycles. The van der Waals surface area contributed by atoms with E-state index in [2.05, 4.69) is 40.4 Å². The Morgan fingerprint density at radius 3 is 2.06 bits per heavy atom. The number of benzene rings is 2. The second-order valence-electron chi connectivity index (χ2n) is 11.8. The van der Waals surface area contributed by atoms with Crippen LogP contribution in [0.25, 0.3) is 0 Å². The Bertz CT molecular complexity index is 1120. The van der Waals surface area contributed by atoms with Gasteiger partial charge in [-0.25, -0.2) is 6.08 Å². The normalized spacial score (nSPS) is 25.6. The summed E-state index contributed by atoms with van der Waals surface area (Å²) in [6, 6.07) is 19.4. The van der Waals surface area contributed by atoms with Crippen molar-refractivity contribution in [1.29, 1.82) is 0 Å². The third-order valence-electron chi connectivity index (χ3n) is 7.69. The number of hydrogen-bond donors (Lipinski definition) is 0. The average molecular weight is 524 g/mol. The molecule has 0 amide bonds. The molecule has 1 aliphatic heterocycles. The van der Waals surface area contributed by atoms with E-state index in [9.17, 15) is 4.57 Å². The summed E-state index contributed by atoms with van der Waals surface area (Å²) in [5.74, 6) is -0.712. The van der Waals surface area contributed by atoms with Crippen molar-refractivity contribution in [2.45, 2.75) is 83.3 Å². The highest BCUT2D eigenvalue weighted by molar-refractivity contribution is 7.80. The third kappa shape index (κ3) is 5.37. The van der Waals surface area contributed by atoms with Crippen molar-refractivity contribution in [3.8, 4) is 0 Å². The van der Waals surface area contributed by atoms with E-state index in [0.29, 0.717) is 6.42 Å². The first-order valence-electron chi connectivity index (χ1n) is 12.7. The lowest BCUT2D eigenvalue weighted by atomic mass is 9.84. The van der Waals surface area contributed by atoms with Gasteiger partial charge >= 0.3 is 0 Å². The number of rotatable bonds is 6. The third-order valence-corrected chi connectivity index (χ3v) is 14.9. The van der Waals surface area contributed by atoms with Crippen LogP contribution in [0.2, 0.25) is 18.1 Å². The van der Waals surface area contributed by atoms with Gasteiger partial charge in [-0.2, -0.15) is 11.7 Å². The van der Waals surface area contributed by atoms with Gasteiger partial charge in [0.25, 0.3) is 0 Å². The SMILES string of the molecule is C=C1/C(=C/[CH-]P(=O)(c2ccccc2)c2ccccc2)C[C@@H](O[Si](C)(C)C(C)(C)C)[C@H]2OC(C)(C)O[C@H]12. The van der Waals surface area contributed by atoms with Crippen molar-refractivity contribution in [2.75, 3.05) is 0 Å². The predicted molar refractivity (Wildman–Crippen MR) is 152 cm³/mol. The van der Waals surface area contributed by atoms with Crippen LogP contribution in [0.5, 0.6) is 0 Å². The van der Waals surface area contributed by atoms with Crippen LogP contribution < -0.4 is 10.6 Å². The van der Waals surface area contributed by atoms with Crippen molar-refractivity contribution in [3.63, 3.8) is 0 Å². The topological polar surface area (TPSA) is 44.8 Å². The zero-order valence-electron chi connectivity index (χ0n) is 22.7. The Balaban J connectivity index is 1.70. The molecule has 2 aliphatic rings. The van der Waals surface area contributed by atoms with Crippen LogP contribution in [-0.2, 0) is 18.5 Å². The molecule has 2 aromatic rings. The lowest BCUT2D eigenvalue weighted by Gasteiger charge is -2.45. The van der Waals surface area contributed by atoms with Crippen molar-refractivity contribution >= 4 is 26.1 Å². The number of fused-ring (bicyclic) bond motifs is 1. The average Bonchev–Trinajstić information content (AvgIpc) is 3.16. The molecule has 0 N–H and O–H groups in total. The van der Waals surface area contributed by atoms with Crippen molar-refractivity contribution in [2.24, 2.45) is 0 Å². The van der Waals surface area contributed by atoms with Gasteiger partial charge < -0.3 is 18.5 Å². The highest BCUT2D eigenvalue weighted by atomic mass is 31.2. The molecule has 0 radical (unpaired) electrons. The van der Waals surface area contributed by atoms with Gasteiger partial charge in [0, 0.05) is 10.6 Å². The standard InChI is InChI=1S/C30H40O4PSi/c1-22-23(19-20-35(31,24-15-11-9-12-16-24)25-17-13-10-14-18-25)21-26(34-36(7,8)29(2,3)4)28-27(22)32-30(5,6)33-28/h9-20,26-28H,1,21H2,2-8H3/q-1/b23-19+/t26-,27-,28-/m1/s1. The van der Waals surface area contributed by atoms with Crippen LogP contribution in [0, 0.1) is 6.16 Å². The summed E-state index contributed by atoms with van der Waals surface area (Å²) >= 11 is 0. The van der Waals surface area contributed by atoms with Gasteiger partial charge in [0.1, 0.15) is 6.10 Å². The summed E-state index contributed by atoms with van der Waals surface area (Å²) in [4.78, 5) is 0. The lowest BCUT2D eigenvalue weighted by Crippen LogP contribution is -2.51. The number of allylic oxidation sites excluding steroid dienone is 1. The Hall–Kier alpha value is -1.88. The highest BCUT2D eigenvalue weighted by Gasteiger charge is 2.51. The van der Waals surface area contributed by atoms with E-state index in [1.165, 1.54) is 0 Å². The van der Waals surface area contributed by atoms with Gasteiger partial charge in [-0.1, -0.05) is 87.9 Å². The fourth-order valence-electron chi connectivity index (χ4n) is 4.63. The molecule has 2 aromatic carbocycles. The molecule has 1 saturated carbocycles. The molecule has 36 heavy (non-hydrogen) atoms. The van der Waals surface area contributed by atoms with Crippen molar-refractivity contribution < 1.29 is 18.5 Å². The van der Waals surface area contributed by atoms with E-state index < -0.39 is 21.2 Å². The Labute approximate surface area is 218 Å². The monoisotopic (exact) mass is 523 g/mol. The van der Waals surface area contributed by atoms with Gasteiger partial charge in [-0.3, -0.25) is 0 Å². The fourth-order valence-corrected chi connectivity index (χ4v) is 8.22. The minimum atomic E-state index is -3.00. The first kappa shape index (κ1) is 27.2. The molecule has 2 fully saturated rings. The molecule has 0 spiro atoms. The smallest absolute Gasteiger partial charge is 0.192 e. The summed E-state index contributed by atoms with van der Waals surface area (Å²) in [7, 11) is -5.08. The molecular weight excluding hydrogens is 483 g/mol. The van der Waals surface area contributed by atoms with E-state index in [-0.39, 0.29) is 23.4 Å². The van der Waals surface area contributed by atoms with Crippen molar-refractivity contribution in [3.05, 3.63) is 90.6 Å². The lowest BCUT2D eigenvalue weighted by molar-refractivity contribution is -0.151. The fraction of sp³-hybridized carbons (Fsp3) is 0.433.